The van der Waals surface area contributed by atoms with Crippen molar-refractivity contribution in [2.45, 2.75) is 6.42 Å². The molecule has 186 valence electrons. The zero-order valence-electron chi connectivity index (χ0n) is 20.7. The summed E-state index contributed by atoms with van der Waals surface area (Å²) in [6.45, 7) is 0. The lowest BCUT2D eigenvalue weighted by atomic mass is 9.94. The number of pyridine rings is 2. The molecule has 0 atom stereocenters. The van der Waals surface area contributed by atoms with Crippen LogP contribution in [0.1, 0.15) is 11.1 Å². The van der Waals surface area contributed by atoms with Crippen LogP contribution in [0.2, 0.25) is 0 Å². The first-order chi connectivity index (χ1) is 18.0. The van der Waals surface area contributed by atoms with Crippen LogP contribution >= 0.6 is 0 Å². The Bertz CT molecular complexity index is 1650. The SMILES string of the molecule is COc1ccc(Cc2cc(OC)cc3c(-c4cccc(F)c4)c(-[n+]4ccccc4)c(=O)[nH]c23)c(OC)c1. The summed E-state index contributed by atoms with van der Waals surface area (Å²) >= 11 is 0. The van der Waals surface area contributed by atoms with Gasteiger partial charge >= 0.3 is 5.56 Å². The van der Waals surface area contributed by atoms with Crippen LogP contribution in [-0.2, 0) is 6.42 Å². The molecule has 0 bridgehead atoms. The molecular formula is C30H26FN2O4+. The van der Waals surface area contributed by atoms with E-state index >= 15 is 0 Å². The van der Waals surface area contributed by atoms with Crippen LogP contribution in [0.3, 0.4) is 0 Å². The van der Waals surface area contributed by atoms with Crippen LogP contribution in [0, 0.1) is 5.82 Å². The van der Waals surface area contributed by atoms with E-state index in [1.807, 2.05) is 48.5 Å². The second-order valence-corrected chi connectivity index (χ2v) is 8.53. The van der Waals surface area contributed by atoms with Crippen molar-refractivity contribution >= 4 is 10.9 Å². The minimum absolute atomic E-state index is 0.295. The number of halogens is 1. The van der Waals surface area contributed by atoms with E-state index in [-0.39, 0.29) is 11.4 Å². The van der Waals surface area contributed by atoms with E-state index in [2.05, 4.69) is 4.98 Å². The molecule has 0 aliphatic rings. The fourth-order valence-electron chi connectivity index (χ4n) is 4.62. The van der Waals surface area contributed by atoms with Gasteiger partial charge in [-0.1, -0.05) is 24.3 Å². The van der Waals surface area contributed by atoms with Crippen molar-refractivity contribution in [3.63, 3.8) is 0 Å². The summed E-state index contributed by atoms with van der Waals surface area (Å²) < 4.78 is 32.7. The molecule has 0 spiro atoms. The highest BCUT2D eigenvalue weighted by Crippen LogP contribution is 2.36. The maximum atomic E-state index is 14.4. The first kappa shape index (κ1) is 24.1. The number of nitrogens with zero attached hydrogens (tertiary/aromatic N) is 1. The summed E-state index contributed by atoms with van der Waals surface area (Å²) in [6.07, 6.45) is 4.04. The molecule has 2 aromatic heterocycles. The Labute approximate surface area is 213 Å². The van der Waals surface area contributed by atoms with Crippen molar-refractivity contribution in [2.75, 3.05) is 21.3 Å². The molecule has 1 N–H and O–H groups in total. The van der Waals surface area contributed by atoms with E-state index in [9.17, 15) is 9.18 Å². The lowest BCUT2D eigenvalue weighted by Crippen LogP contribution is -2.37. The zero-order valence-corrected chi connectivity index (χ0v) is 20.7. The van der Waals surface area contributed by atoms with Crippen molar-refractivity contribution in [2.24, 2.45) is 0 Å². The third-order valence-corrected chi connectivity index (χ3v) is 6.35. The molecule has 6 nitrogen and oxygen atoms in total. The first-order valence-electron chi connectivity index (χ1n) is 11.7. The Hall–Kier alpha value is -4.65. The number of aromatic amines is 1. The first-order valence-corrected chi connectivity index (χ1v) is 11.7. The fraction of sp³-hybridized carbons (Fsp3) is 0.133. The molecule has 0 amide bonds. The smallest absolute Gasteiger partial charge is 0.321 e. The van der Waals surface area contributed by atoms with Gasteiger partial charge in [-0.15, -0.1) is 0 Å². The third-order valence-electron chi connectivity index (χ3n) is 6.35. The Kier molecular flexibility index (Phi) is 6.60. The molecule has 0 fully saturated rings. The van der Waals surface area contributed by atoms with Crippen molar-refractivity contribution in [3.05, 3.63) is 112 Å². The quantitative estimate of drug-likeness (QED) is 0.313. The van der Waals surface area contributed by atoms with Crippen molar-refractivity contribution in [3.8, 4) is 34.1 Å². The molecule has 3 aromatic carbocycles. The number of rotatable bonds is 7. The molecule has 0 unspecified atom stereocenters. The number of hydrogen-bond acceptors (Lipinski definition) is 4. The van der Waals surface area contributed by atoms with E-state index in [0.717, 1.165) is 16.5 Å². The topological polar surface area (TPSA) is 64.4 Å². The van der Waals surface area contributed by atoms with Crippen LogP contribution in [0.15, 0.2) is 90.0 Å². The lowest BCUT2D eigenvalue weighted by Gasteiger charge is -2.16. The molecule has 0 aliphatic carbocycles. The molecular weight excluding hydrogens is 471 g/mol. The standard InChI is InChI=1S/C30H25FN2O4/c1-35-23-11-10-19(26(18-23)37-3)14-21-16-24(36-2)17-25-27(20-8-7-9-22(31)15-20)29(30(34)32-28(21)25)33-12-5-4-6-13-33/h4-13,15-18H,14H2,1-3H3/p+1. The number of fused-ring (bicyclic) bond motifs is 1. The number of H-pyrrole nitrogens is 1. The van der Waals surface area contributed by atoms with Gasteiger partial charge in [0.05, 0.1) is 32.4 Å². The van der Waals surface area contributed by atoms with E-state index in [1.165, 1.54) is 12.1 Å². The largest absolute Gasteiger partial charge is 0.497 e. The normalized spacial score (nSPS) is 10.9. The molecule has 0 saturated heterocycles. The molecule has 7 heteroatoms. The zero-order chi connectivity index (χ0) is 25.9. The number of methoxy groups -OCH3 is 3. The predicted octanol–water partition coefficient (Wildman–Crippen LogP) is 5.23. The van der Waals surface area contributed by atoms with Crippen LogP contribution in [-0.4, -0.2) is 26.3 Å². The van der Waals surface area contributed by atoms with E-state index in [4.69, 9.17) is 14.2 Å². The molecule has 5 aromatic rings. The van der Waals surface area contributed by atoms with Gasteiger partial charge in [-0.3, -0.25) is 4.79 Å². The van der Waals surface area contributed by atoms with E-state index < -0.39 is 0 Å². The van der Waals surface area contributed by atoms with Gasteiger partial charge < -0.3 is 19.2 Å². The van der Waals surface area contributed by atoms with E-state index in [0.29, 0.717) is 46.0 Å². The monoisotopic (exact) mass is 497 g/mol. The predicted molar refractivity (Wildman–Crippen MR) is 140 cm³/mol. The number of aromatic nitrogens is 2. The summed E-state index contributed by atoms with van der Waals surface area (Å²) in [6, 6.07) is 21.2. The Morgan fingerprint density at radius 1 is 0.811 bits per heavy atom. The summed E-state index contributed by atoms with van der Waals surface area (Å²) in [4.78, 5) is 16.7. The van der Waals surface area contributed by atoms with Gasteiger partial charge in [0, 0.05) is 30.0 Å². The van der Waals surface area contributed by atoms with Gasteiger partial charge in [-0.25, -0.2) is 4.39 Å². The molecule has 0 aliphatic heterocycles. The summed E-state index contributed by atoms with van der Waals surface area (Å²) in [5, 5.41) is 0.735. The number of nitrogens with one attached hydrogen (secondary N) is 1. The van der Waals surface area contributed by atoms with Crippen molar-refractivity contribution in [1.29, 1.82) is 0 Å². The number of ether oxygens (including phenoxy) is 3. The average molecular weight is 498 g/mol. The van der Waals surface area contributed by atoms with Crippen molar-refractivity contribution < 1.29 is 23.2 Å². The summed E-state index contributed by atoms with van der Waals surface area (Å²) in [7, 11) is 4.81. The highest BCUT2D eigenvalue weighted by molar-refractivity contribution is 6.00. The molecule has 2 heterocycles. The van der Waals surface area contributed by atoms with Gasteiger partial charge in [0.2, 0.25) is 0 Å². The summed E-state index contributed by atoms with van der Waals surface area (Å²) in [5.74, 6) is 1.58. The second-order valence-electron chi connectivity index (χ2n) is 8.53. The maximum Gasteiger partial charge on any atom is 0.321 e. The van der Waals surface area contributed by atoms with Crippen LogP contribution in [0.25, 0.3) is 27.7 Å². The maximum absolute atomic E-state index is 14.4. The molecule has 5 rings (SSSR count). The fourth-order valence-corrected chi connectivity index (χ4v) is 4.62. The highest BCUT2D eigenvalue weighted by Gasteiger charge is 2.25. The summed E-state index contributed by atoms with van der Waals surface area (Å²) in [5.41, 5.74) is 3.67. The van der Waals surface area contributed by atoms with Gasteiger partial charge in [-0.2, -0.15) is 4.57 Å². The minimum Gasteiger partial charge on any atom is -0.497 e. The lowest BCUT2D eigenvalue weighted by molar-refractivity contribution is -0.596. The van der Waals surface area contributed by atoms with Gasteiger partial charge in [0.15, 0.2) is 12.4 Å². The van der Waals surface area contributed by atoms with Crippen molar-refractivity contribution in [1.82, 2.24) is 4.98 Å². The number of hydrogen-bond donors (Lipinski definition) is 1. The Balaban J connectivity index is 1.83. The third kappa shape index (κ3) is 4.63. The van der Waals surface area contributed by atoms with Gasteiger partial charge in [0.25, 0.3) is 5.69 Å². The Morgan fingerprint density at radius 3 is 2.30 bits per heavy atom. The Morgan fingerprint density at radius 2 is 1.59 bits per heavy atom. The van der Waals surface area contributed by atoms with Gasteiger partial charge in [-0.05, 0) is 47.0 Å². The van der Waals surface area contributed by atoms with Crippen LogP contribution in [0.5, 0.6) is 17.2 Å². The number of benzene rings is 3. The molecule has 0 radical (unpaired) electrons. The van der Waals surface area contributed by atoms with Crippen LogP contribution < -0.4 is 24.3 Å². The second kappa shape index (κ2) is 10.1. The van der Waals surface area contributed by atoms with Crippen LogP contribution in [0.4, 0.5) is 4.39 Å². The molecule has 37 heavy (non-hydrogen) atoms. The highest BCUT2D eigenvalue weighted by atomic mass is 19.1. The van der Waals surface area contributed by atoms with Gasteiger partial charge in [0.1, 0.15) is 23.1 Å². The average Bonchev–Trinajstić information content (AvgIpc) is 2.93. The van der Waals surface area contributed by atoms with E-state index in [1.54, 1.807) is 50.4 Å². The molecule has 0 saturated carbocycles. The minimum atomic E-state index is -0.388.